The average molecular weight is 1050 g/mol. The molecule has 0 N–H and O–H groups in total. The fourth-order valence-electron chi connectivity index (χ4n) is 15.3. The minimum Gasteiger partial charge on any atom is -0.212 e. The van der Waals surface area contributed by atoms with E-state index in [1.165, 1.54) is 0 Å². The predicted octanol–water partition coefficient (Wildman–Crippen LogP) is 10.5. The summed E-state index contributed by atoms with van der Waals surface area (Å²) in [5.41, 5.74) is -1.81. The first-order valence-corrected chi connectivity index (χ1v) is 31.1. The highest BCUT2D eigenvalue weighted by atomic mass is 32.2. The number of thiol groups is 2. The van der Waals surface area contributed by atoms with Gasteiger partial charge in [0.15, 0.2) is 0 Å². The molecule has 0 spiro atoms. The van der Waals surface area contributed by atoms with Gasteiger partial charge >= 0.3 is 0 Å². The number of hydrogen-bond donors (Lipinski definition) is 2. The summed E-state index contributed by atoms with van der Waals surface area (Å²) in [5, 5.41) is 19.5. The largest absolute Gasteiger partial charge is 0.215 e. The standard InChI is InChI=1S/2C17H30N2O2S2.C16H29NO2S2/c2*1-12(2)19(13(3)4)23(20,21)11-16-8-7-14(15(16,5)6)9-17(16,22)10-18;1-11(2)17(12(3)4)21(18,19)10-16-8-7-13(9-14(16)20)15(16,5)6/h2*12-14,22H,7-9,11H2,1-6H3;11-13H,7-10H2,1-6H3/t2*14?,16?,17-;/m10./s1. The highest BCUT2D eigenvalue weighted by Gasteiger charge is 2.73. The zero-order chi connectivity index (χ0) is 51.9. The van der Waals surface area contributed by atoms with Crippen LogP contribution in [0.5, 0.6) is 0 Å². The molecular weight excluding hydrogens is 959 g/mol. The van der Waals surface area contributed by atoms with Crippen molar-refractivity contribution in [2.24, 2.45) is 50.2 Å². The fraction of sp³-hybridized carbons (Fsp3) is 0.940. The molecule has 0 aromatic rings. The van der Waals surface area contributed by atoms with E-state index in [1.807, 2.05) is 83.1 Å². The number of thiocarbonyl (C=S) groups is 1. The van der Waals surface area contributed by atoms with Crippen LogP contribution >= 0.6 is 37.5 Å². The molecular formula is C50H89N5O6S6. The molecule has 0 radical (unpaired) electrons. The van der Waals surface area contributed by atoms with Crippen molar-refractivity contribution in [3.05, 3.63) is 0 Å². The van der Waals surface area contributed by atoms with Crippen LogP contribution in [0.4, 0.5) is 0 Å². The summed E-state index contributed by atoms with van der Waals surface area (Å²) in [4.78, 5) is 1.000. The van der Waals surface area contributed by atoms with E-state index in [1.54, 1.807) is 12.9 Å². The summed E-state index contributed by atoms with van der Waals surface area (Å²) in [5.74, 6) is 1.56. The van der Waals surface area contributed by atoms with Crippen LogP contribution in [0, 0.1) is 72.9 Å². The van der Waals surface area contributed by atoms with Gasteiger partial charge in [-0.1, -0.05) is 53.8 Å². The van der Waals surface area contributed by atoms with Crippen LogP contribution in [0.3, 0.4) is 0 Å². The number of rotatable bonds is 15. The van der Waals surface area contributed by atoms with Crippen LogP contribution in [-0.4, -0.2) is 106 Å². The highest BCUT2D eigenvalue weighted by Crippen LogP contribution is 2.73. The maximum atomic E-state index is 13.2. The van der Waals surface area contributed by atoms with E-state index in [0.717, 1.165) is 49.8 Å². The molecule has 67 heavy (non-hydrogen) atoms. The lowest BCUT2D eigenvalue weighted by Gasteiger charge is -2.46. The van der Waals surface area contributed by atoms with E-state index >= 15 is 0 Å². The van der Waals surface area contributed by atoms with Crippen molar-refractivity contribution in [2.75, 3.05) is 17.3 Å². The Labute approximate surface area is 426 Å². The Balaban J connectivity index is 0.000000220. The highest BCUT2D eigenvalue weighted by molar-refractivity contribution is 7.90. The quantitative estimate of drug-likeness (QED) is 0.120. The van der Waals surface area contributed by atoms with Gasteiger partial charge in [0.25, 0.3) is 0 Å². The molecule has 0 aliphatic heterocycles. The maximum Gasteiger partial charge on any atom is 0.215 e. The Morgan fingerprint density at radius 3 is 1.03 bits per heavy atom. The summed E-state index contributed by atoms with van der Waals surface area (Å²) in [6.07, 6.45) is 7.90. The zero-order valence-corrected chi connectivity index (χ0v) is 49.4. The SMILES string of the molecule is CC(C)N(C(C)C)S(=O)(=O)CC12CCC(CC1=S)C2(C)C.CC(C)N(C(C)C)S(=O)(=O)CC12CCC(C[C@@]1(S)C#N)C2(C)C.CC(C)N(C(C)C)S(=O)(=O)CC12CCC(C[C@]1(S)C#N)C2(C)C. The van der Waals surface area contributed by atoms with Crippen LogP contribution in [0.15, 0.2) is 0 Å². The Morgan fingerprint density at radius 2 is 0.806 bits per heavy atom. The van der Waals surface area contributed by atoms with Gasteiger partial charge in [0.05, 0.1) is 29.4 Å². The molecule has 6 aliphatic rings. The zero-order valence-electron chi connectivity index (χ0n) is 44.4. The second kappa shape index (κ2) is 19.4. The lowest BCUT2D eigenvalue weighted by atomic mass is 9.66. The average Bonchev–Trinajstić information content (AvgIpc) is 3.78. The number of nitriles is 2. The van der Waals surface area contributed by atoms with Gasteiger partial charge in [-0.2, -0.15) is 48.7 Å². The smallest absolute Gasteiger partial charge is 0.212 e. The third kappa shape index (κ3) is 9.53. The summed E-state index contributed by atoms with van der Waals surface area (Å²) < 4.78 is 82.1. The normalized spacial score (nSPS) is 34.8. The van der Waals surface area contributed by atoms with Crippen molar-refractivity contribution in [3.8, 4) is 12.1 Å². The van der Waals surface area contributed by atoms with Crippen molar-refractivity contribution in [2.45, 2.75) is 228 Å². The molecule has 6 bridgehead atoms. The molecule has 0 aromatic carbocycles. The van der Waals surface area contributed by atoms with Gasteiger partial charge in [-0.05, 0) is 175 Å². The van der Waals surface area contributed by atoms with Crippen molar-refractivity contribution in [3.63, 3.8) is 0 Å². The molecule has 0 heterocycles. The van der Waals surface area contributed by atoms with Crippen molar-refractivity contribution in [1.29, 1.82) is 10.5 Å². The third-order valence-corrected chi connectivity index (χ3v) is 27.8. The van der Waals surface area contributed by atoms with E-state index in [9.17, 15) is 35.8 Å². The first-order valence-electron chi connectivity index (χ1n) is 25.0. The molecule has 17 heteroatoms. The molecule has 6 saturated carbocycles. The van der Waals surface area contributed by atoms with Crippen LogP contribution in [0.25, 0.3) is 0 Å². The third-order valence-electron chi connectivity index (χ3n) is 18.8. The summed E-state index contributed by atoms with van der Waals surface area (Å²) >= 11 is 15.1. The topological polar surface area (TPSA) is 160 Å². The molecule has 6 unspecified atom stereocenters. The molecule has 0 saturated heterocycles. The van der Waals surface area contributed by atoms with E-state index in [0.29, 0.717) is 30.6 Å². The van der Waals surface area contributed by atoms with Gasteiger partial charge in [0.2, 0.25) is 30.1 Å². The van der Waals surface area contributed by atoms with Crippen molar-refractivity contribution in [1.82, 2.24) is 12.9 Å². The lowest BCUT2D eigenvalue weighted by Crippen LogP contribution is -2.54. The van der Waals surface area contributed by atoms with Gasteiger partial charge in [0.1, 0.15) is 9.49 Å². The predicted molar refractivity (Wildman–Crippen MR) is 286 cm³/mol. The van der Waals surface area contributed by atoms with Gasteiger partial charge in [-0.15, -0.1) is 0 Å². The summed E-state index contributed by atoms with van der Waals surface area (Å²) in [6, 6.07) is 4.36. The van der Waals surface area contributed by atoms with E-state index in [-0.39, 0.29) is 75.2 Å². The second-order valence-corrected chi connectivity index (χ2v) is 32.6. The summed E-state index contributed by atoms with van der Waals surface area (Å²) in [6.45, 7) is 36.0. The van der Waals surface area contributed by atoms with E-state index < -0.39 is 50.4 Å². The summed E-state index contributed by atoms with van der Waals surface area (Å²) in [7, 11) is -10.2. The Morgan fingerprint density at radius 1 is 0.522 bits per heavy atom. The molecule has 6 fully saturated rings. The minimum absolute atomic E-state index is 0.0107. The van der Waals surface area contributed by atoms with Crippen LogP contribution in [0.1, 0.15) is 182 Å². The molecule has 6 aliphatic carbocycles. The van der Waals surface area contributed by atoms with E-state index in [4.69, 9.17) is 37.5 Å². The Kier molecular flexibility index (Phi) is 17.1. The van der Waals surface area contributed by atoms with Crippen LogP contribution in [0.2, 0.25) is 0 Å². The number of sulfonamides is 3. The monoisotopic (exact) mass is 1050 g/mol. The van der Waals surface area contributed by atoms with Crippen LogP contribution in [-0.2, 0) is 30.1 Å². The molecule has 11 nitrogen and oxygen atoms in total. The van der Waals surface area contributed by atoms with Crippen LogP contribution < -0.4 is 0 Å². The molecule has 0 aromatic heterocycles. The van der Waals surface area contributed by atoms with Gasteiger partial charge in [-0.3, -0.25) is 0 Å². The number of hydrogen-bond acceptors (Lipinski definition) is 11. The molecule has 0 amide bonds. The number of fused-ring (bicyclic) bond motifs is 6. The minimum atomic E-state index is -3.47. The van der Waals surface area contributed by atoms with E-state index in [2.05, 4.69) is 53.7 Å². The van der Waals surface area contributed by atoms with Crippen molar-refractivity contribution < 1.29 is 25.3 Å². The molecule has 6 rings (SSSR count). The first kappa shape index (κ1) is 59.1. The Bertz CT molecular complexity index is 2150. The number of nitrogens with zero attached hydrogens (tertiary/aromatic N) is 5. The maximum absolute atomic E-state index is 13.2. The second-order valence-electron chi connectivity index (χ2n) is 24.9. The lowest BCUT2D eigenvalue weighted by molar-refractivity contribution is 0.140. The molecule has 386 valence electrons. The van der Waals surface area contributed by atoms with Gasteiger partial charge < -0.3 is 0 Å². The molecule has 8 atom stereocenters. The first-order chi connectivity index (χ1) is 30.1. The fourth-order valence-corrected chi connectivity index (χ4v) is 26.1. The van der Waals surface area contributed by atoms with Gasteiger partial charge in [-0.25, -0.2) is 25.3 Å². The Hall–Kier alpha value is -0.500. The van der Waals surface area contributed by atoms with Gasteiger partial charge in [0, 0.05) is 57.4 Å². The van der Waals surface area contributed by atoms with Crippen molar-refractivity contribution >= 4 is 72.4 Å².